The molecule has 0 spiro atoms. The normalized spacial score (nSPS) is 16.0. The molecule has 3 aromatic carbocycles. The Bertz CT molecular complexity index is 1830. The van der Waals surface area contributed by atoms with Crippen molar-refractivity contribution < 1.29 is 38.4 Å². The van der Waals surface area contributed by atoms with Gasteiger partial charge in [-0.25, -0.2) is 9.59 Å². The number of hydrogen-bond donors (Lipinski definition) is 2. The fourth-order valence-corrected chi connectivity index (χ4v) is 6.30. The molecular formula is C38H46N6O8. The summed E-state index contributed by atoms with van der Waals surface area (Å²) in [5, 5.41) is 22.2. The number of rotatable bonds is 15. The summed E-state index contributed by atoms with van der Waals surface area (Å²) < 4.78 is 23.2. The minimum atomic E-state index is -1.22. The molecule has 2 N–H and O–H groups in total. The molecule has 1 fully saturated rings. The van der Waals surface area contributed by atoms with E-state index in [2.05, 4.69) is 15.6 Å². The first-order valence-electron chi connectivity index (χ1n) is 17.0. The minimum absolute atomic E-state index is 0.167. The van der Waals surface area contributed by atoms with Crippen LogP contribution >= 0.6 is 0 Å². The van der Waals surface area contributed by atoms with E-state index >= 15 is 0 Å². The third-order valence-corrected chi connectivity index (χ3v) is 8.78. The lowest BCUT2D eigenvalue weighted by Crippen LogP contribution is -2.72. The van der Waals surface area contributed by atoms with E-state index in [1.165, 1.54) is 4.90 Å². The minimum Gasteiger partial charge on any atom is -0.497 e. The number of methoxy groups -OCH3 is 3. The van der Waals surface area contributed by atoms with E-state index in [0.29, 0.717) is 35.9 Å². The zero-order valence-electron chi connectivity index (χ0n) is 30.3. The number of nitrogens with one attached hydrogen (secondary N) is 1. The predicted molar refractivity (Wildman–Crippen MR) is 191 cm³/mol. The van der Waals surface area contributed by atoms with Gasteiger partial charge in [0.2, 0.25) is 5.91 Å². The molecule has 1 aliphatic heterocycles. The Balaban J connectivity index is 1.46. The topological polar surface area (TPSA) is 158 Å². The number of hydrogen-bond acceptors (Lipinski definition) is 9. The van der Waals surface area contributed by atoms with Crippen LogP contribution in [0.1, 0.15) is 49.2 Å². The highest BCUT2D eigenvalue weighted by Crippen LogP contribution is 2.38. The molecule has 0 bridgehead atoms. The summed E-state index contributed by atoms with van der Waals surface area (Å²) in [6.07, 6.45) is 0.531. The third kappa shape index (κ3) is 9.11. The van der Waals surface area contributed by atoms with Crippen LogP contribution in [0.2, 0.25) is 0 Å². The second kappa shape index (κ2) is 16.5. The number of amides is 3. The van der Waals surface area contributed by atoms with Crippen molar-refractivity contribution in [1.82, 2.24) is 30.1 Å². The molecule has 52 heavy (non-hydrogen) atoms. The van der Waals surface area contributed by atoms with Gasteiger partial charge in [0.25, 0.3) is 0 Å². The second-order valence-corrected chi connectivity index (χ2v) is 13.4. The summed E-state index contributed by atoms with van der Waals surface area (Å²) in [5.41, 5.74) is 2.30. The lowest BCUT2D eigenvalue weighted by molar-refractivity contribution is -0.161. The van der Waals surface area contributed by atoms with Gasteiger partial charge in [0.15, 0.2) is 0 Å². The van der Waals surface area contributed by atoms with Crippen LogP contribution in [0.25, 0.3) is 0 Å². The van der Waals surface area contributed by atoms with E-state index in [0.717, 1.165) is 16.7 Å². The lowest BCUT2D eigenvalue weighted by atomic mass is 9.86. The first kappa shape index (κ1) is 37.5. The fourth-order valence-electron chi connectivity index (χ4n) is 6.30. The number of carbonyl (C=O) groups excluding carboxylic acids is 2. The van der Waals surface area contributed by atoms with Crippen LogP contribution in [0.5, 0.6) is 17.2 Å². The number of alkyl carbamates (subject to hydrolysis) is 1. The van der Waals surface area contributed by atoms with Crippen LogP contribution in [0.4, 0.5) is 9.59 Å². The van der Waals surface area contributed by atoms with Crippen molar-refractivity contribution in [2.75, 3.05) is 27.9 Å². The van der Waals surface area contributed by atoms with Crippen molar-refractivity contribution in [3.63, 3.8) is 0 Å². The Labute approximate surface area is 303 Å². The van der Waals surface area contributed by atoms with E-state index in [-0.39, 0.29) is 25.4 Å². The molecule has 1 saturated heterocycles. The Morgan fingerprint density at radius 3 is 2.29 bits per heavy atom. The van der Waals surface area contributed by atoms with Crippen molar-refractivity contribution in [3.05, 3.63) is 101 Å². The monoisotopic (exact) mass is 714 g/mol. The SMILES string of the molecule is COc1ccc(C(Cc2ccccc2)N(C(=O)O)[C@@H]2C(=O)N(Cc3ccc(OC)cc3OC)[C@@H]2Cc2cn(CCNC(=O)OC(C)(C)C)nn2)cc1. The van der Waals surface area contributed by atoms with Crippen molar-refractivity contribution in [1.29, 1.82) is 0 Å². The summed E-state index contributed by atoms with van der Waals surface area (Å²) in [7, 11) is 4.67. The van der Waals surface area contributed by atoms with Crippen LogP contribution in [0.15, 0.2) is 79.0 Å². The number of aromatic nitrogens is 3. The molecule has 0 radical (unpaired) electrons. The highest BCUT2D eigenvalue weighted by atomic mass is 16.6. The Morgan fingerprint density at radius 1 is 0.962 bits per heavy atom. The van der Waals surface area contributed by atoms with Gasteiger partial charge in [-0.2, -0.15) is 0 Å². The maximum atomic E-state index is 14.3. The lowest BCUT2D eigenvalue weighted by Gasteiger charge is -2.52. The Hall–Kier alpha value is -5.79. The van der Waals surface area contributed by atoms with Gasteiger partial charge in [0.1, 0.15) is 28.9 Å². The van der Waals surface area contributed by atoms with E-state index in [1.54, 1.807) is 82.1 Å². The van der Waals surface area contributed by atoms with Crippen LogP contribution in [-0.4, -0.2) is 93.6 Å². The average molecular weight is 715 g/mol. The van der Waals surface area contributed by atoms with Crippen molar-refractivity contribution in [2.45, 2.75) is 70.4 Å². The van der Waals surface area contributed by atoms with Gasteiger partial charge in [-0.05, 0) is 62.6 Å². The number of ether oxygens (including phenoxy) is 4. The predicted octanol–water partition coefficient (Wildman–Crippen LogP) is 5.11. The summed E-state index contributed by atoms with van der Waals surface area (Å²) in [6.45, 7) is 6.10. The highest BCUT2D eigenvalue weighted by molar-refractivity contribution is 5.92. The van der Waals surface area contributed by atoms with Crippen LogP contribution in [0, 0.1) is 0 Å². The summed E-state index contributed by atoms with van der Waals surface area (Å²) in [4.78, 5) is 42.6. The number of β-lactam (4-membered cyclic amide) rings is 1. The maximum absolute atomic E-state index is 14.3. The summed E-state index contributed by atoms with van der Waals surface area (Å²) in [5.74, 6) is 1.42. The molecule has 3 atom stereocenters. The van der Waals surface area contributed by atoms with Gasteiger partial charge < -0.3 is 34.3 Å². The summed E-state index contributed by atoms with van der Waals surface area (Å²) >= 11 is 0. The molecule has 1 aliphatic rings. The van der Waals surface area contributed by atoms with Crippen molar-refractivity contribution in [3.8, 4) is 17.2 Å². The van der Waals surface area contributed by atoms with E-state index in [4.69, 9.17) is 18.9 Å². The summed E-state index contributed by atoms with van der Waals surface area (Å²) in [6, 6.07) is 19.8. The van der Waals surface area contributed by atoms with Crippen molar-refractivity contribution >= 4 is 18.1 Å². The van der Waals surface area contributed by atoms with Gasteiger partial charge in [-0.15, -0.1) is 5.10 Å². The molecule has 0 aliphatic carbocycles. The van der Waals surface area contributed by atoms with E-state index in [9.17, 15) is 19.5 Å². The fraction of sp³-hybridized carbons (Fsp3) is 0.395. The van der Waals surface area contributed by atoms with Crippen LogP contribution in [-0.2, 0) is 35.5 Å². The highest BCUT2D eigenvalue weighted by Gasteiger charge is 2.54. The number of carboxylic acid groups (broad SMARTS) is 1. The largest absolute Gasteiger partial charge is 0.497 e. The van der Waals surface area contributed by atoms with E-state index in [1.807, 2.05) is 48.5 Å². The second-order valence-electron chi connectivity index (χ2n) is 13.4. The molecule has 0 saturated carbocycles. The Morgan fingerprint density at radius 2 is 1.65 bits per heavy atom. The first-order chi connectivity index (χ1) is 24.9. The quantitative estimate of drug-likeness (QED) is 0.159. The first-order valence-corrected chi connectivity index (χ1v) is 17.0. The molecule has 5 rings (SSSR count). The molecule has 4 aromatic rings. The van der Waals surface area contributed by atoms with Crippen LogP contribution in [0.3, 0.4) is 0 Å². The van der Waals surface area contributed by atoms with E-state index < -0.39 is 35.9 Å². The zero-order valence-corrected chi connectivity index (χ0v) is 30.3. The van der Waals surface area contributed by atoms with Crippen LogP contribution < -0.4 is 19.5 Å². The van der Waals surface area contributed by atoms with Gasteiger partial charge in [-0.1, -0.05) is 47.7 Å². The molecule has 2 heterocycles. The number of nitrogens with zero attached hydrogens (tertiary/aromatic N) is 5. The van der Waals surface area contributed by atoms with Crippen molar-refractivity contribution in [2.24, 2.45) is 0 Å². The average Bonchev–Trinajstić information content (AvgIpc) is 3.58. The maximum Gasteiger partial charge on any atom is 0.408 e. The smallest absolute Gasteiger partial charge is 0.408 e. The molecule has 1 unspecified atom stereocenters. The standard InChI is InChI=1S/C38H46N6O8/c1-38(2,3)52-36(46)39-18-19-42-24-28(40-41-42)21-32-34(35(45)43(32)23-27-14-17-30(50-5)22-33(27)51-6)44(37(47)48)31(20-25-10-8-7-9-11-25)26-12-15-29(49-4)16-13-26/h7-17,22,24,31-32,34H,18-21,23H2,1-6H3,(H,39,46)(H,47,48)/t31?,32-,34+/m1/s1. The molecule has 14 heteroatoms. The zero-order chi connectivity index (χ0) is 37.4. The molecule has 276 valence electrons. The molecule has 14 nitrogen and oxygen atoms in total. The molecular weight excluding hydrogens is 668 g/mol. The third-order valence-electron chi connectivity index (χ3n) is 8.78. The number of benzene rings is 3. The molecule has 3 amide bonds. The molecule has 1 aromatic heterocycles. The number of carbonyl (C=O) groups is 3. The number of likely N-dealkylation sites (tertiary alicyclic amines) is 1. The van der Waals surface area contributed by atoms with Gasteiger partial charge in [0, 0.05) is 37.3 Å². The van der Waals surface area contributed by atoms with Gasteiger partial charge in [0.05, 0.1) is 45.7 Å². The van der Waals surface area contributed by atoms with Gasteiger partial charge in [-0.3, -0.25) is 14.4 Å². The Kier molecular flexibility index (Phi) is 11.9. The van der Waals surface area contributed by atoms with Gasteiger partial charge >= 0.3 is 12.2 Å².